The van der Waals surface area contributed by atoms with Gasteiger partial charge in [-0.25, -0.2) is 0 Å². The van der Waals surface area contributed by atoms with Crippen molar-refractivity contribution < 1.29 is 24.5 Å². The van der Waals surface area contributed by atoms with Crippen LogP contribution in [0.25, 0.3) is 0 Å². The standard InChI is InChI=1S/C25H48N2O5/c1-5-17-10-8-11-19(7-3)24(30)27-15-9-12-18(6-2)20(14-13-17)32-25-23(29)21(26)22(28)16(4)31-25/h16-23,25,28-29H,5-15,26H2,1-4H3,(H,27,30)/t16-,17?,18-,19?,20?,21+,22-,23+,25-/m1/s1. The molecule has 2 heterocycles. The van der Waals surface area contributed by atoms with E-state index in [0.29, 0.717) is 18.4 Å². The number of ether oxygens (including phenoxy) is 2. The van der Waals surface area contributed by atoms with E-state index in [1.54, 1.807) is 6.92 Å². The van der Waals surface area contributed by atoms with Gasteiger partial charge in [-0.15, -0.1) is 0 Å². The van der Waals surface area contributed by atoms with E-state index in [-0.39, 0.29) is 17.9 Å². The Morgan fingerprint density at radius 2 is 1.75 bits per heavy atom. The van der Waals surface area contributed by atoms with Crippen LogP contribution in [0, 0.1) is 17.8 Å². The molecule has 3 unspecified atom stereocenters. The van der Waals surface area contributed by atoms with E-state index in [9.17, 15) is 15.0 Å². The third-order valence-corrected chi connectivity index (χ3v) is 7.77. The maximum Gasteiger partial charge on any atom is 0.223 e. The van der Waals surface area contributed by atoms with Gasteiger partial charge in [0.05, 0.1) is 24.4 Å². The van der Waals surface area contributed by atoms with Crippen molar-refractivity contribution in [3.8, 4) is 0 Å². The molecule has 5 N–H and O–H groups in total. The molecule has 0 bridgehead atoms. The van der Waals surface area contributed by atoms with Crippen molar-refractivity contribution in [3.05, 3.63) is 0 Å². The van der Waals surface area contributed by atoms with Crippen molar-refractivity contribution in [2.45, 2.75) is 129 Å². The zero-order chi connectivity index (χ0) is 23.7. The summed E-state index contributed by atoms with van der Waals surface area (Å²) in [7, 11) is 0. The maximum absolute atomic E-state index is 12.6. The van der Waals surface area contributed by atoms with Gasteiger partial charge in [0.25, 0.3) is 0 Å². The SMILES string of the molecule is CCC1CCCC(CC)C(=O)NCCC[C@@H](CC)C(O[C@H]2O[C@H](C)[C@@H](O)[C@H](N)[C@@H]2O)CC1. The molecule has 0 spiro atoms. The highest BCUT2D eigenvalue weighted by molar-refractivity contribution is 5.78. The molecule has 1 amide bonds. The van der Waals surface area contributed by atoms with Crippen LogP contribution in [-0.4, -0.2) is 59.4 Å². The van der Waals surface area contributed by atoms with Crippen LogP contribution in [0.15, 0.2) is 0 Å². The van der Waals surface area contributed by atoms with Crippen LogP contribution < -0.4 is 11.1 Å². The van der Waals surface area contributed by atoms with E-state index < -0.39 is 30.6 Å². The summed E-state index contributed by atoms with van der Waals surface area (Å²) in [6.07, 6.45) is 6.63. The lowest BCUT2D eigenvalue weighted by molar-refractivity contribution is -0.286. The van der Waals surface area contributed by atoms with Gasteiger partial charge < -0.3 is 30.7 Å². The molecule has 0 aliphatic carbocycles. The molecule has 2 rings (SSSR count). The summed E-state index contributed by atoms with van der Waals surface area (Å²) in [5, 5.41) is 23.8. The van der Waals surface area contributed by atoms with E-state index in [1.807, 2.05) is 0 Å². The van der Waals surface area contributed by atoms with Gasteiger partial charge in [-0.2, -0.15) is 0 Å². The quantitative estimate of drug-likeness (QED) is 0.505. The van der Waals surface area contributed by atoms with Crippen molar-refractivity contribution in [1.82, 2.24) is 5.32 Å². The van der Waals surface area contributed by atoms with Gasteiger partial charge >= 0.3 is 0 Å². The Kier molecular flexibility index (Phi) is 11.9. The smallest absolute Gasteiger partial charge is 0.223 e. The largest absolute Gasteiger partial charge is 0.389 e. The molecule has 0 saturated carbocycles. The monoisotopic (exact) mass is 456 g/mol. The predicted octanol–water partition coefficient (Wildman–Crippen LogP) is 3.10. The van der Waals surface area contributed by atoms with Crippen LogP contribution in [0.2, 0.25) is 0 Å². The molecule has 7 heteroatoms. The molecule has 32 heavy (non-hydrogen) atoms. The Hall–Kier alpha value is -0.730. The van der Waals surface area contributed by atoms with E-state index >= 15 is 0 Å². The minimum Gasteiger partial charge on any atom is -0.389 e. The van der Waals surface area contributed by atoms with E-state index in [0.717, 1.165) is 64.2 Å². The number of nitrogens with two attached hydrogens (primary N) is 1. The van der Waals surface area contributed by atoms with Gasteiger partial charge in [-0.1, -0.05) is 46.5 Å². The Balaban J connectivity index is 2.11. The summed E-state index contributed by atoms with van der Waals surface area (Å²) >= 11 is 0. The summed E-state index contributed by atoms with van der Waals surface area (Å²) in [5.74, 6) is 1.23. The average Bonchev–Trinajstić information content (AvgIpc) is 2.79. The molecule has 188 valence electrons. The minimum absolute atomic E-state index is 0.0506. The molecule has 0 radical (unpaired) electrons. The highest BCUT2D eigenvalue weighted by Crippen LogP contribution is 2.31. The van der Waals surface area contributed by atoms with Gasteiger partial charge in [0, 0.05) is 12.5 Å². The second kappa shape index (κ2) is 13.9. The van der Waals surface area contributed by atoms with Gasteiger partial charge in [-0.3, -0.25) is 4.79 Å². The van der Waals surface area contributed by atoms with Gasteiger partial charge in [-0.05, 0) is 57.3 Å². The first-order valence-electron chi connectivity index (χ1n) is 13.0. The molecule has 0 aromatic carbocycles. The maximum atomic E-state index is 12.6. The summed E-state index contributed by atoms with van der Waals surface area (Å²) in [5.41, 5.74) is 6.03. The van der Waals surface area contributed by atoms with E-state index in [4.69, 9.17) is 15.2 Å². The lowest BCUT2D eigenvalue weighted by Crippen LogP contribution is -2.61. The number of hydrogen-bond donors (Lipinski definition) is 4. The zero-order valence-corrected chi connectivity index (χ0v) is 20.7. The number of carbonyl (C=O) groups is 1. The van der Waals surface area contributed by atoms with Crippen molar-refractivity contribution >= 4 is 5.91 Å². The highest BCUT2D eigenvalue weighted by atomic mass is 16.7. The first-order valence-corrected chi connectivity index (χ1v) is 13.0. The predicted molar refractivity (Wildman–Crippen MR) is 126 cm³/mol. The molecule has 0 aromatic rings. The van der Waals surface area contributed by atoms with Crippen LogP contribution in [-0.2, 0) is 14.3 Å². The van der Waals surface area contributed by atoms with Gasteiger partial charge in [0.1, 0.15) is 6.10 Å². The summed E-state index contributed by atoms with van der Waals surface area (Å²) in [6.45, 7) is 8.96. The number of hydrogen-bond acceptors (Lipinski definition) is 6. The fourth-order valence-corrected chi connectivity index (χ4v) is 5.27. The fraction of sp³-hybridized carbons (Fsp3) is 0.960. The van der Waals surface area contributed by atoms with Gasteiger partial charge in [0.15, 0.2) is 6.29 Å². The third-order valence-electron chi connectivity index (χ3n) is 7.77. The first kappa shape index (κ1) is 27.5. The second-order valence-electron chi connectivity index (χ2n) is 9.93. The average molecular weight is 457 g/mol. The van der Waals surface area contributed by atoms with Crippen LogP contribution >= 0.6 is 0 Å². The summed E-state index contributed by atoms with van der Waals surface area (Å²) in [4.78, 5) is 12.6. The Bertz CT molecular complexity index is 548. The number of aliphatic hydroxyl groups is 2. The van der Waals surface area contributed by atoms with Crippen LogP contribution in [0.4, 0.5) is 0 Å². The molecule has 2 aliphatic heterocycles. The lowest BCUT2D eigenvalue weighted by Gasteiger charge is -2.42. The normalized spacial score (nSPS) is 41.0. The van der Waals surface area contributed by atoms with Crippen LogP contribution in [0.1, 0.15) is 91.9 Å². The highest BCUT2D eigenvalue weighted by Gasteiger charge is 2.42. The Morgan fingerprint density at radius 1 is 1.00 bits per heavy atom. The fourth-order valence-electron chi connectivity index (χ4n) is 5.27. The van der Waals surface area contributed by atoms with Crippen molar-refractivity contribution in [3.63, 3.8) is 0 Å². The molecule has 2 fully saturated rings. The number of aliphatic hydroxyl groups excluding tert-OH is 2. The molecule has 7 nitrogen and oxygen atoms in total. The number of carbonyl (C=O) groups excluding carboxylic acids is 1. The molecule has 2 aliphatic rings. The topological polar surface area (TPSA) is 114 Å². The Labute approximate surface area is 194 Å². The van der Waals surface area contributed by atoms with Crippen LogP contribution in [0.3, 0.4) is 0 Å². The first-order chi connectivity index (χ1) is 15.3. The molecule has 9 atom stereocenters. The van der Waals surface area contributed by atoms with Crippen molar-refractivity contribution in [2.75, 3.05) is 6.54 Å². The molecular formula is C25H48N2O5. The number of amides is 1. The summed E-state index contributed by atoms with van der Waals surface area (Å²) in [6, 6.07) is -0.785. The Morgan fingerprint density at radius 3 is 2.41 bits per heavy atom. The molecular weight excluding hydrogens is 408 g/mol. The minimum atomic E-state index is -1.06. The van der Waals surface area contributed by atoms with Crippen molar-refractivity contribution in [1.29, 1.82) is 0 Å². The summed E-state index contributed by atoms with van der Waals surface area (Å²) < 4.78 is 12.2. The third kappa shape index (κ3) is 7.66. The van der Waals surface area contributed by atoms with Crippen molar-refractivity contribution in [2.24, 2.45) is 23.5 Å². The molecule has 0 aromatic heterocycles. The lowest BCUT2D eigenvalue weighted by atomic mass is 9.85. The van der Waals surface area contributed by atoms with Crippen LogP contribution in [0.5, 0.6) is 0 Å². The van der Waals surface area contributed by atoms with Gasteiger partial charge in [0.2, 0.25) is 5.91 Å². The molecule has 2 saturated heterocycles. The van der Waals surface area contributed by atoms with E-state index in [1.165, 1.54) is 0 Å². The number of rotatable bonds is 5. The van der Waals surface area contributed by atoms with E-state index in [2.05, 4.69) is 26.1 Å². The second-order valence-corrected chi connectivity index (χ2v) is 9.93. The number of nitrogens with one attached hydrogen (secondary N) is 1. The zero-order valence-electron chi connectivity index (χ0n) is 20.7.